The lowest BCUT2D eigenvalue weighted by molar-refractivity contribution is -0.126. The van der Waals surface area contributed by atoms with Gasteiger partial charge in [-0.15, -0.1) is 0 Å². The van der Waals surface area contributed by atoms with Crippen LogP contribution >= 0.6 is 0 Å². The molecule has 2 saturated heterocycles. The van der Waals surface area contributed by atoms with E-state index in [1.54, 1.807) is 23.1 Å². The third-order valence-electron chi connectivity index (χ3n) is 6.05. The summed E-state index contributed by atoms with van der Waals surface area (Å²) in [5, 5.41) is 0. The molecule has 3 aliphatic heterocycles. The number of halogens is 1. The molecule has 0 N–H and O–H groups in total. The Hall–Kier alpha value is -2.57. The van der Waals surface area contributed by atoms with Crippen molar-refractivity contribution in [2.75, 3.05) is 32.7 Å². The summed E-state index contributed by atoms with van der Waals surface area (Å²) >= 11 is 0. The van der Waals surface area contributed by atoms with Gasteiger partial charge < -0.3 is 19.4 Å². The van der Waals surface area contributed by atoms with Gasteiger partial charge in [-0.2, -0.15) is 0 Å². The predicted molar refractivity (Wildman–Crippen MR) is 111 cm³/mol. The normalized spacial score (nSPS) is 24.2. The highest BCUT2D eigenvalue weighted by atomic mass is 19.1. The van der Waals surface area contributed by atoms with E-state index in [9.17, 15) is 14.0 Å². The molecule has 0 radical (unpaired) electrons. The number of carbonyl (C=O) groups excluding carboxylic acids is 2. The van der Waals surface area contributed by atoms with Crippen LogP contribution in [0.25, 0.3) is 0 Å². The van der Waals surface area contributed by atoms with Crippen LogP contribution in [0.4, 0.5) is 9.18 Å². The zero-order valence-electron chi connectivity index (χ0n) is 18.0. The molecule has 0 spiro atoms. The van der Waals surface area contributed by atoms with E-state index in [1.165, 1.54) is 12.1 Å². The van der Waals surface area contributed by atoms with Crippen molar-refractivity contribution in [3.63, 3.8) is 0 Å². The fourth-order valence-corrected chi connectivity index (χ4v) is 4.66. The Kier molecular flexibility index (Phi) is 5.24. The van der Waals surface area contributed by atoms with E-state index in [2.05, 4.69) is 9.80 Å². The molecule has 162 valence electrons. The molecule has 7 heteroatoms. The molecule has 30 heavy (non-hydrogen) atoms. The minimum absolute atomic E-state index is 0.00184. The van der Waals surface area contributed by atoms with Crippen molar-refractivity contribution in [1.29, 1.82) is 0 Å². The molecule has 1 amide bonds. The van der Waals surface area contributed by atoms with Gasteiger partial charge in [0.05, 0.1) is 6.54 Å². The molecule has 3 heterocycles. The number of nitrogens with zero attached hydrogens (tertiary/aromatic N) is 3. The second-order valence-corrected chi connectivity index (χ2v) is 9.45. The molecule has 0 saturated carbocycles. The number of likely N-dealkylation sites (tertiary alicyclic amines) is 1. The summed E-state index contributed by atoms with van der Waals surface area (Å²) in [6.45, 7) is 8.71. The van der Waals surface area contributed by atoms with Crippen LogP contribution in [0.3, 0.4) is 0 Å². The molecule has 6 nitrogen and oxygen atoms in total. The lowest BCUT2D eigenvalue weighted by Crippen LogP contribution is -2.65. The average Bonchev–Trinajstić information content (AvgIpc) is 3.29. The minimum atomic E-state index is -0.884. The molecule has 0 bridgehead atoms. The molecule has 1 atom stereocenters. The molecule has 2 fully saturated rings. The quantitative estimate of drug-likeness (QED) is 0.759. The molecular weight excluding hydrogens is 385 g/mol. The van der Waals surface area contributed by atoms with Gasteiger partial charge in [0.25, 0.3) is 0 Å². The summed E-state index contributed by atoms with van der Waals surface area (Å²) in [6.07, 6.45) is 4.00. The summed E-state index contributed by atoms with van der Waals surface area (Å²) < 4.78 is 19.0. The maximum absolute atomic E-state index is 13.4. The van der Waals surface area contributed by atoms with Crippen molar-refractivity contribution in [3.8, 4) is 0 Å². The van der Waals surface area contributed by atoms with Crippen molar-refractivity contribution < 1.29 is 18.7 Å². The summed E-state index contributed by atoms with van der Waals surface area (Å²) in [5.41, 5.74) is -0.612. The fourth-order valence-electron chi connectivity index (χ4n) is 4.66. The lowest BCUT2D eigenvalue weighted by Gasteiger charge is -2.49. The molecule has 0 aromatic heterocycles. The van der Waals surface area contributed by atoms with Crippen molar-refractivity contribution in [2.45, 2.75) is 51.2 Å². The summed E-state index contributed by atoms with van der Waals surface area (Å²) in [7, 11) is 0. The SMILES string of the molecule is CC(C)(C)OC(=O)N1CCN2C(N3CCCC3)=CC(=O)C2(Cc2ccc(F)cc2)C1. The number of hydrogen-bond acceptors (Lipinski definition) is 5. The van der Waals surface area contributed by atoms with E-state index in [1.807, 2.05) is 20.8 Å². The first kappa shape index (κ1) is 20.7. The molecule has 4 rings (SSSR count). The Morgan fingerprint density at radius 1 is 1.10 bits per heavy atom. The van der Waals surface area contributed by atoms with Gasteiger partial charge in [0.1, 0.15) is 22.8 Å². The minimum Gasteiger partial charge on any atom is -0.444 e. The van der Waals surface area contributed by atoms with Gasteiger partial charge in [-0.05, 0) is 51.3 Å². The predicted octanol–water partition coefficient (Wildman–Crippen LogP) is 3.18. The summed E-state index contributed by atoms with van der Waals surface area (Å²) in [6, 6.07) is 6.27. The monoisotopic (exact) mass is 415 g/mol. The molecule has 0 aliphatic carbocycles. The van der Waals surface area contributed by atoms with Crippen LogP contribution in [0.2, 0.25) is 0 Å². The van der Waals surface area contributed by atoms with Crippen LogP contribution in [0.15, 0.2) is 36.2 Å². The fraction of sp³-hybridized carbons (Fsp3) is 0.565. The van der Waals surface area contributed by atoms with Crippen LogP contribution in [0, 0.1) is 5.82 Å². The number of amides is 1. The Morgan fingerprint density at radius 3 is 2.40 bits per heavy atom. The van der Waals surface area contributed by atoms with Crippen LogP contribution in [0.1, 0.15) is 39.2 Å². The number of ketones is 1. The largest absolute Gasteiger partial charge is 0.444 e. The topological polar surface area (TPSA) is 53.1 Å². The number of ether oxygens (including phenoxy) is 1. The number of piperazine rings is 1. The van der Waals surface area contributed by atoms with E-state index in [0.717, 1.165) is 37.3 Å². The van der Waals surface area contributed by atoms with Crippen LogP contribution < -0.4 is 0 Å². The smallest absolute Gasteiger partial charge is 0.410 e. The highest BCUT2D eigenvalue weighted by Crippen LogP contribution is 2.38. The molecule has 1 aromatic rings. The summed E-state index contributed by atoms with van der Waals surface area (Å²) in [5.74, 6) is 0.659. The van der Waals surface area contributed by atoms with E-state index in [0.29, 0.717) is 19.5 Å². The molecule has 1 unspecified atom stereocenters. The Bertz CT molecular complexity index is 855. The van der Waals surface area contributed by atoms with Gasteiger partial charge in [0, 0.05) is 38.7 Å². The van der Waals surface area contributed by atoms with E-state index >= 15 is 0 Å². The average molecular weight is 416 g/mol. The van der Waals surface area contributed by atoms with Crippen LogP contribution in [0.5, 0.6) is 0 Å². The zero-order chi connectivity index (χ0) is 21.5. The van der Waals surface area contributed by atoms with Gasteiger partial charge in [0.2, 0.25) is 0 Å². The number of carbonyl (C=O) groups is 2. The first-order valence-corrected chi connectivity index (χ1v) is 10.7. The summed E-state index contributed by atoms with van der Waals surface area (Å²) in [4.78, 5) is 32.3. The van der Waals surface area contributed by atoms with Gasteiger partial charge in [-0.3, -0.25) is 4.79 Å². The highest BCUT2D eigenvalue weighted by molar-refractivity contribution is 6.02. The lowest BCUT2D eigenvalue weighted by atomic mass is 9.85. The Labute approximate surface area is 177 Å². The standard InChI is InChI=1S/C23H30FN3O3/c1-22(2,3)30-21(29)26-12-13-27-20(25-10-4-5-11-25)14-19(28)23(27,16-26)15-17-6-8-18(24)9-7-17/h6-9,14H,4-5,10-13,15-16H2,1-3H3. The molecular formula is C23H30FN3O3. The van der Waals surface area contributed by atoms with Crippen LogP contribution in [-0.2, 0) is 16.0 Å². The van der Waals surface area contributed by atoms with Crippen LogP contribution in [-0.4, -0.2) is 70.4 Å². The van der Waals surface area contributed by atoms with Crippen molar-refractivity contribution in [3.05, 3.63) is 47.5 Å². The van der Waals surface area contributed by atoms with Crippen molar-refractivity contribution >= 4 is 11.9 Å². The number of rotatable bonds is 3. The maximum atomic E-state index is 13.4. The van der Waals surface area contributed by atoms with Gasteiger partial charge in [-0.25, -0.2) is 9.18 Å². The first-order chi connectivity index (χ1) is 14.2. The van der Waals surface area contributed by atoms with E-state index in [4.69, 9.17) is 4.74 Å². The van der Waals surface area contributed by atoms with Gasteiger partial charge in [0.15, 0.2) is 5.78 Å². The van der Waals surface area contributed by atoms with E-state index in [-0.39, 0.29) is 18.1 Å². The Morgan fingerprint density at radius 2 is 1.77 bits per heavy atom. The number of benzene rings is 1. The third kappa shape index (κ3) is 3.89. The van der Waals surface area contributed by atoms with Gasteiger partial charge >= 0.3 is 6.09 Å². The second-order valence-electron chi connectivity index (χ2n) is 9.45. The third-order valence-corrected chi connectivity index (χ3v) is 6.05. The molecule has 1 aromatic carbocycles. The maximum Gasteiger partial charge on any atom is 0.410 e. The van der Waals surface area contributed by atoms with Crippen molar-refractivity contribution in [2.24, 2.45) is 0 Å². The number of hydrogen-bond donors (Lipinski definition) is 0. The van der Waals surface area contributed by atoms with Gasteiger partial charge in [-0.1, -0.05) is 12.1 Å². The molecule has 3 aliphatic rings. The van der Waals surface area contributed by atoms with Crippen molar-refractivity contribution in [1.82, 2.24) is 14.7 Å². The second kappa shape index (κ2) is 7.60. The zero-order valence-corrected chi connectivity index (χ0v) is 18.0. The first-order valence-electron chi connectivity index (χ1n) is 10.7. The van der Waals surface area contributed by atoms with E-state index < -0.39 is 17.2 Å². The number of fused-ring (bicyclic) bond motifs is 1. The highest BCUT2D eigenvalue weighted by Gasteiger charge is 2.54. The Balaban J connectivity index is 1.64.